The normalized spacial score (nSPS) is 10.4. The quantitative estimate of drug-likeness (QED) is 0.872. The van der Waals surface area contributed by atoms with Crippen molar-refractivity contribution in [3.63, 3.8) is 0 Å². The minimum atomic E-state index is -0.794. The third-order valence-electron chi connectivity index (χ3n) is 3.33. The molecule has 0 aromatic heterocycles. The number of hydrogen-bond donors (Lipinski definition) is 1. The maximum absolute atomic E-state index is 10.8. The maximum atomic E-state index is 10.8. The average Bonchev–Trinajstić information content (AvgIpc) is 2.48. The van der Waals surface area contributed by atoms with E-state index < -0.39 is 5.97 Å². The van der Waals surface area contributed by atoms with E-state index in [1.165, 1.54) is 0 Å². The second-order valence-electron chi connectivity index (χ2n) is 4.98. The molecule has 0 heterocycles. The largest absolute Gasteiger partial charge is 0.481 e. The Bertz CT molecular complexity index is 613. The molecule has 0 fully saturated rings. The number of carboxylic acid groups (broad SMARTS) is 1. The molecule has 0 spiro atoms. The van der Waals surface area contributed by atoms with Crippen LogP contribution in [0.25, 0.3) is 0 Å². The fourth-order valence-electron chi connectivity index (χ4n) is 2.12. The smallest absolute Gasteiger partial charge is 0.305 e. The van der Waals surface area contributed by atoms with Crippen LogP contribution in [0.4, 0.5) is 5.69 Å². The molecule has 0 saturated heterocycles. The van der Waals surface area contributed by atoms with Crippen molar-refractivity contribution in [1.29, 1.82) is 0 Å². The highest BCUT2D eigenvalue weighted by atomic mass is 35.5. The van der Waals surface area contributed by atoms with Crippen LogP contribution in [0.15, 0.2) is 48.5 Å². The summed E-state index contributed by atoms with van der Waals surface area (Å²) in [6.45, 7) is 3.06. The number of benzene rings is 2. The topological polar surface area (TPSA) is 40.5 Å². The summed E-state index contributed by atoms with van der Waals surface area (Å²) < 4.78 is 0. The number of anilines is 1. The molecule has 0 saturated carbocycles. The van der Waals surface area contributed by atoms with Gasteiger partial charge >= 0.3 is 5.97 Å². The highest BCUT2D eigenvalue weighted by Crippen LogP contribution is 2.21. The zero-order valence-corrected chi connectivity index (χ0v) is 12.7. The van der Waals surface area contributed by atoms with Crippen molar-refractivity contribution >= 4 is 23.3 Å². The van der Waals surface area contributed by atoms with Gasteiger partial charge in [0.1, 0.15) is 0 Å². The Hall–Kier alpha value is -2.00. The van der Waals surface area contributed by atoms with Gasteiger partial charge < -0.3 is 10.0 Å². The van der Waals surface area contributed by atoms with Gasteiger partial charge in [0.05, 0.1) is 6.42 Å². The molecule has 4 heteroatoms. The number of nitrogens with zero attached hydrogens (tertiary/aromatic N) is 1. The predicted octanol–water partition coefficient (Wildman–Crippen LogP) is 4.13. The molecule has 2 aromatic rings. The van der Waals surface area contributed by atoms with Gasteiger partial charge in [-0.3, -0.25) is 4.79 Å². The van der Waals surface area contributed by atoms with Crippen molar-refractivity contribution < 1.29 is 9.90 Å². The van der Waals surface area contributed by atoms with Crippen molar-refractivity contribution in [2.75, 3.05) is 11.4 Å². The van der Waals surface area contributed by atoms with Crippen molar-refractivity contribution in [3.05, 3.63) is 64.7 Å². The van der Waals surface area contributed by atoms with Crippen LogP contribution in [0, 0.1) is 6.92 Å². The Morgan fingerprint density at radius 2 is 1.90 bits per heavy atom. The maximum Gasteiger partial charge on any atom is 0.305 e. The van der Waals surface area contributed by atoms with E-state index >= 15 is 0 Å². The Kier molecular flexibility index (Phi) is 5.23. The van der Waals surface area contributed by atoms with Crippen molar-refractivity contribution in [3.8, 4) is 0 Å². The van der Waals surface area contributed by atoms with Crippen LogP contribution in [-0.4, -0.2) is 17.6 Å². The second kappa shape index (κ2) is 7.14. The number of para-hydroxylation sites is 1. The van der Waals surface area contributed by atoms with E-state index in [0.717, 1.165) is 21.8 Å². The van der Waals surface area contributed by atoms with Gasteiger partial charge in [0.25, 0.3) is 0 Å². The number of hydrogen-bond acceptors (Lipinski definition) is 2. The third kappa shape index (κ3) is 4.50. The molecule has 0 amide bonds. The fraction of sp³-hybridized carbons (Fsp3) is 0.235. The zero-order chi connectivity index (χ0) is 15.2. The average molecular weight is 304 g/mol. The molecule has 0 aliphatic heterocycles. The van der Waals surface area contributed by atoms with Gasteiger partial charge in [-0.2, -0.15) is 0 Å². The first-order chi connectivity index (χ1) is 10.1. The monoisotopic (exact) mass is 303 g/mol. The molecule has 21 heavy (non-hydrogen) atoms. The molecule has 2 rings (SSSR count). The minimum absolute atomic E-state index is 0.106. The Balaban J connectivity index is 2.18. The Morgan fingerprint density at radius 1 is 1.19 bits per heavy atom. The lowest BCUT2D eigenvalue weighted by Crippen LogP contribution is -2.25. The van der Waals surface area contributed by atoms with Crippen LogP contribution in [0.2, 0.25) is 5.02 Å². The molecule has 110 valence electrons. The summed E-state index contributed by atoms with van der Waals surface area (Å²) in [5.74, 6) is -0.794. The van der Waals surface area contributed by atoms with Gasteiger partial charge in [0, 0.05) is 23.8 Å². The summed E-state index contributed by atoms with van der Waals surface area (Å²) in [5.41, 5.74) is 3.12. The molecule has 1 N–H and O–H groups in total. The van der Waals surface area contributed by atoms with Crippen LogP contribution in [0.5, 0.6) is 0 Å². The minimum Gasteiger partial charge on any atom is -0.481 e. The molecule has 0 atom stereocenters. The lowest BCUT2D eigenvalue weighted by Gasteiger charge is -2.24. The van der Waals surface area contributed by atoms with Gasteiger partial charge in [-0.05, 0) is 36.2 Å². The second-order valence-corrected chi connectivity index (χ2v) is 5.39. The highest BCUT2D eigenvalue weighted by Gasteiger charge is 2.10. The van der Waals surface area contributed by atoms with Crippen molar-refractivity contribution in [2.45, 2.75) is 19.9 Å². The number of aliphatic carboxylic acids is 1. The SMILES string of the molecule is Cc1ccc(CN(CCC(=O)O)c2ccccc2)cc1Cl. The van der Waals surface area contributed by atoms with Crippen LogP contribution >= 0.6 is 11.6 Å². The summed E-state index contributed by atoms with van der Waals surface area (Å²) >= 11 is 6.16. The third-order valence-corrected chi connectivity index (χ3v) is 3.73. The van der Waals surface area contributed by atoms with Crippen molar-refractivity contribution in [2.24, 2.45) is 0 Å². The number of carboxylic acids is 1. The predicted molar refractivity (Wildman–Crippen MR) is 85.9 cm³/mol. The summed E-state index contributed by atoms with van der Waals surface area (Å²) in [6.07, 6.45) is 0.106. The molecule has 0 unspecified atom stereocenters. The van der Waals surface area contributed by atoms with Gasteiger partial charge in [-0.15, -0.1) is 0 Å². The van der Waals surface area contributed by atoms with Gasteiger partial charge in [-0.1, -0.05) is 41.9 Å². The van der Waals surface area contributed by atoms with E-state index in [0.29, 0.717) is 13.1 Å². The molecule has 0 bridgehead atoms. The van der Waals surface area contributed by atoms with Crippen molar-refractivity contribution in [1.82, 2.24) is 0 Å². The lowest BCUT2D eigenvalue weighted by atomic mass is 10.1. The fourth-order valence-corrected chi connectivity index (χ4v) is 2.33. The van der Waals surface area contributed by atoms with Crippen LogP contribution in [0.3, 0.4) is 0 Å². The van der Waals surface area contributed by atoms with Gasteiger partial charge in [-0.25, -0.2) is 0 Å². The first kappa shape index (κ1) is 15.4. The van der Waals surface area contributed by atoms with Gasteiger partial charge in [0.15, 0.2) is 0 Å². The first-order valence-corrected chi connectivity index (χ1v) is 7.21. The molecule has 3 nitrogen and oxygen atoms in total. The van der Waals surface area contributed by atoms with Gasteiger partial charge in [0.2, 0.25) is 0 Å². The molecular formula is C17H18ClNO2. The van der Waals surface area contributed by atoms with E-state index in [-0.39, 0.29) is 6.42 Å². The van der Waals surface area contributed by atoms with E-state index in [1.807, 2.05) is 55.5 Å². The van der Waals surface area contributed by atoms with Crippen LogP contribution in [0.1, 0.15) is 17.5 Å². The first-order valence-electron chi connectivity index (χ1n) is 6.83. The van der Waals surface area contributed by atoms with E-state index in [2.05, 4.69) is 4.90 Å². The summed E-state index contributed by atoms with van der Waals surface area (Å²) in [6, 6.07) is 15.8. The Labute approximate surface area is 129 Å². The number of rotatable bonds is 6. The Morgan fingerprint density at radius 3 is 2.52 bits per heavy atom. The molecular weight excluding hydrogens is 286 g/mol. The highest BCUT2D eigenvalue weighted by molar-refractivity contribution is 6.31. The molecule has 0 radical (unpaired) electrons. The van der Waals surface area contributed by atoms with E-state index in [9.17, 15) is 4.79 Å². The zero-order valence-electron chi connectivity index (χ0n) is 11.9. The van der Waals surface area contributed by atoms with E-state index in [4.69, 9.17) is 16.7 Å². The van der Waals surface area contributed by atoms with Crippen LogP contribution < -0.4 is 4.90 Å². The molecule has 0 aliphatic carbocycles. The molecule has 2 aromatic carbocycles. The van der Waals surface area contributed by atoms with Crippen LogP contribution in [-0.2, 0) is 11.3 Å². The summed E-state index contributed by atoms with van der Waals surface area (Å²) in [4.78, 5) is 12.9. The lowest BCUT2D eigenvalue weighted by molar-refractivity contribution is -0.136. The molecule has 0 aliphatic rings. The number of halogens is 1. The number of carbonyl (C=O) groups is 1. The van der Waals surface area contributed by atoms with E-state index in [1.54, 1.807) is 0 Å². The summed E-state index contributed by atoms with van der Waals surface area (Å²) in [5, 5.41) is 9.64. The standard InChI is InChI=1S/C17H18ClNO2/c1-13-7-8-14(11-16(13)18)12-19(10-9-17(20)21)15-5-3-2-4-6-15/h2-8,11H,9-10,12H2,1H3,(H,20,21). The number of aryl methyl sites for hydroxylation is 1. The summed E-state index contributed by atoms with van der Waals surface area (Å²) in [7, 11) is 0.